The Morgan fingerprint density at radius 1 is 1.14 bits per heavy atom. The summed E-state index contributed by atoms with van der Waals surface area (Å²) in [5.74, 6) is -0.333. The minimum atomic E-state index is -0.635. The quantitative estimate of drug-likeness (QED) is 0.250. The second-order valence-electron chi connectivity index (χ2n) is 9.64. The molecule has 42 heavy (non-hydrogen) atoms. The molecule has 12 heteroatoms. The van der Waals surface area contributed by atoms with Crippen molar-refractivity contribution in [2.75, 3.05) is 24.3 Å². The fourth-order valence-electron chi connectivity index (χ4n) is 4.69. The van der Waals surface area contributed by atoms with E-state index in [9.17, 15) is 4.79 Å². The molecule has 0 unspecified atom stereocenters. The summed E-state index contributed by atoms with van der Waals surface area (Å²) in [6.45, 7) is 8.06. The number of nitrogens with one attached hydrogen (secondary N) is 1. The minimum Gasteiger partial charge on any atom is -0.485 e. The third-order valence-electron chi connectivity index (χ3n) is 6.75. The molecule has 0 atom stereocenters. The van der Waals surface area contributed by atoms with Crippen LogP contribution in [0, 0.1) is 19.7 Å². The van der Waals surface area contributed by atoms with E-state index in [1.807, 2.05) is 13.0 Å². The lowest BCUT2D eigenvalue weighted by Crippen LogP contribution is -2.38. The summed E-state index contributed by atoms with van der Waals surface area (Å²) in [7, 11) is 0. The van der Waals surface area contributed by atoms with Crippen molar-refractivity contribution in [2.45, 2.75) is 20.0 Å². The number of amides is 1. The van der Waals surface area contributed by atoms with E-state index in [4.69, 9.17) is 19.9 Å². The highest BCUT2D eigenvalue weighted by Gasteiger charge is 2.27. The lowest BCUT2D eigenvalue weighted by atomic mass is 10.1. The van der Waals surface area contributed by atoms with E-state index >= 15 is 4.39 Å². The number of ether oxygens (including phenoxy) is 3. The van der Waals surface area contributed by atoms with Crippen LogP contribution in [-0.4, -0.2) is 49.7 Å². The van der Waals surface area contributed by atoms with Gasteiger partial charge in [-0.3, -0.25) is 4.79 Å². The van der Waals surface area contributed by atoms with Crippen LogP contribution in [0.15, 0.2) is 67.6 Å². The van der Waals surface area contributed by atoms with E-state index in [-0.39, 0.29) is 29.6 Å². The molecule has 1 aliphatic rings. The fraction of sp³-hybridized carbons (Fsp3) is 0.167. The van der Waals surface area contributed by atoms with E-state index in [1.165, 1.54) is 30.7 Å². The first kappa shape index (κ1) is 26.8. The first-order valence-electron chi connectivity index (χ1n) is 13.0. The SMILES string of the molecule is C=CC(=O)Nc1ccc(-c2c(C)c3ncnc(N)c3n2-c2ccc(Oc3nccc(C)n3)c(F)c2)c(OC2COC2)c1. The maximum absolute atomic E-state index is 15.5. The van der Waals surface area contributed by atoms with Gasteiger partial charge in [-0.05, 0) is 50.3 Å². The number of hydrogen-bond acceptors (Lipinski definition) is 9. The number of nitrogen functional groups attached to an aromatic ring is 1. The third kappa shape index (κ3) is 4.99. The highest BCUT2D eigenvalue weighted by atomic mass is 19.1. The molecule has 0 aliphatic carbocycles. The maximum atomic E-state index is 15.5. The first-order chi connectivity index (χ1) is 20.3. The van der Waals surface area contributed by atoms with Crippen LogP contribution in [0.4, 0.5) is 15.9 Å². The predicted molar refractivity (Wildman–Crippen MR) is 154 cm³/mol. The Kier molecular flexibility index (Phi) is 6.97. The molecule has 4 heterocycles. The Morgan fingerprint density at radius 2 is 1.98 bits per heavy atom. The lowest BCUT2D eigenvalue weighted by Gasteiger charge is -2.28. The molecule has 0 radical (unpaired) electrons. The predicted octanol–water partition coefficient (Wildman–Crippen LogP) is 4.91. The van der Waals surface area contributed by atoms with E-state index in [0.29, 0.717) is 58.3 Å². The highest BCUT2D eigenvalue weighted by Crippen LogP contribution is 2.42. The van der Waals surface area contributed by atoms with Crippen LogP contribution in [0.2, 0.25) is 0 Å². The lowest BCUT2D eigenvalue weighted by molar-refractivity contribution is -0.111. The van der Waals surface area contributed by atoms with Gasteiger partial charge in [-0.15, -0.1) is 0 Å². The molecular formula is C30H26FN7O4. The third-order valence-corrected chi connectivity index (χ3v) is 6.75. The van der Waals surface area contributed by atoms with Gasteiger partial charge in [-0.25, -0.2) is 24.3 Å². The van der Waals surface area contributed by atoms with Gasteiger partial charge in [0.15, 0.2) is 17.4 Å². The van der Waals surface area contributed by atoms with E-state index in [1.54, 1.807) is 35.8 Å². The van der Waals surface area contributed by atoms with Crippen molar-refractivity contribution in [3.05, 3.63) is 84.7 Å². The summed E-state index contributed by atoms with van der Waals surface area (Å²) in [6, 6.07) is 11.6. The average molecular weight is 568 g/mol. The van der Waals surface area contributed by atoms with Crippen molar-refractivity contribution < 1.29 is 23.4 Å². The number of aromatic nitrogens is 5. The van der Waals surface area contributed by atoms with Crippen LogP contribution >= 0.6 is 0 Å². The Bertz CT molecular complexity index is 1850. The summed E-state index contributed by atoms with van der Waals surface area (Å²) in [5, 5.41) is 2.76. The maximum Gasteiger partial charge on any atom is 0.322 e. The number of fused-ring (bicyclic) bond motifs is 1. The van der Waals surface area contributed by atoms with Gasteiger partial charge in [0.05, 0.1) is 24.4 Å². The van der Waals surface area contributed by atoms with E-state index in [2.05, 4.69) is 31.8 Å². The largest absolute Gasteiger partial charge is 0.485 e. The molecule has 6 rings (SSSR count). The molecule has 1 saturated heterocycles. The smallest absolute Gasteiger partial charge is 0.322 e. The van der Waals surface area contributed by atoms with Crippen molar-refractivity contribution in [3.8, 4) is 34.5 Å². The van der Waals surface area contributed by atoms with Gasteiger partial charge in [0.25, 0.3) is 0 Å². The Hall–Kier alpha value is -5.36. The van der Waals surface area contributed by atoms with Gasteiger partial charge in [0.1, 0.15) is 23.7 Å². The molecule has 5 aromatic rings. The summed E-state index contributed by atoms with van der Waals surface area (Å²) < 4.78 is 34.5. The Labute approximate surface area is 239 Å². The zero-order chi connectivity index (χ0) is 29.4. The number of hydrogen-bond donors (Lipinski definition) is 2. The summed E-state index contributed by atoms with van der Waals surface area (Å²) in [6.07, 6.45) is 3.94. The standard InChI is InChI=1S/C30H26FN7O4/c1-4-25(39)37-18-5-7-21(24(11-18)41-20-13-40-14-20)27-17(3)26-28(29(32)35-15-34-26)38(27)19-6-8-23(22(31)12-19)42-30-33-10-9-16(2)36-30/h4-12,15,20H,1,13-14H2,2-3H3,(H,37,39)(H2,32,34,35). The molecule has 3 N–H and O–H groups in total. The van der Waals surface area contributed by atoms with Crippen molar-refractivity contribution >= 4 is 28.4 Å². The number of carbonyl (C=O) groups is 1. The number of rotatable bonds is 8. The monoisotopic (exact) mass is 567 g/mol. The molecule has 1 amide bonds. The van der Waals surface area contributed by atoms with Crippen LogP contribution in [0.3, 0.4) is 0 Å². The number of anilines is 2. The highest BCUT2D eigenvalue weighted by molar-refractivity contribution is 6.00. The van der Waals surface area contributed by atoms with Crippen molar-refractivity contribution in [1.29, 1.82) is 0 Å². The molecule has 212 valence electrons. The topological polar surface area (TPSA) is 139 Å². The van der Waals surface area contributed by atoms with Crippen molar-refractivity contribution in [2.24, 2.45) is 0 Å². The van der Waals surface area contributed by atoms with Gasteiger partial charge in [0.2, 0.25) is 5.91 Å². The number of nitrogens with two attached hydrogens (primary N) is 1. The van der Waals surface area contributed by atoms with Gasteiger partial charge in [-0.1, -0.05) is 6.58 Å². The summed E-state index contributed by atoms with van der Waals surface area (Å²) in [4.78, 5) is 28.9. The fourth-order valence-corrected chi connectivity index (χ4v) is 4.69. The second kappa shape index (κ2) is 10.9. The van der Waals surface area contributed by atoms with Gasteiger partial charge < -0.3 is 29.8 Å². The number of aryl methyl sites for hydroxylation is 2. The first-order valence-corrected chi connectivity index (χ1v) is 13.0. The molecule has 2 aromatic carbocycles. The molecule has 0 spiro atoms. The van der Waals surface area contributed by atoms with Crippen molar-refractivity contribution in [3.63, 3.8) is 0 Å². The Morgan fingerprint density at radius 3 is 2.69 bits per heavy atom. The second-order valence-corrected chi connectivity index (χ2v) is 9.64. The number of benzene rings is 2. The van der Waals surface area contributed by atoms with Gasteiger partial charge >= 0.3 is 6.01 Å². The van der Waals surface area contributed by atoms with Crippen molar-refractivity contribution in [1.82, 2.24) is 24.5 Å². The number of carbonyl (C=O) groups excluding carboxylic acids is 1. The van der Waals surface area contributed by atoms with Gasteiger partial charge in [0, 0.05) is 46.5 Å². The average Bonchev–Trinajstić information content (AvgIpc) is 3.25. The molecule has 1 aliphatic heterocycles. The zero-order valence-corrected chi connectivity index (χ0v) is 22.8. The normalized spacial score (nSPS) is 13.0. The molecule has 11 nitrogen and oxygen atoms in total. The zero-order valence-electron chi connectivity index (χ0n) is 22.8. The molecule has 0 saturated carbocycles. The molecular weight excluding hydrogens is 541 g/mol. The van der Waals surface area contributed by atoms with Crippen LogP contribution in [0.5, 0.6) is 17.5 Å². The molecule has 3 aromatic heterocycles. The number of nitrogens with zero attached hydrogens (tertiary/aromatic N) is 5. The van der Waals surface area contributed by atoms with Crippen LogP contribution in [-0.2, 0) is 9.53 Å². The van der Waals surface area contributed by atoms with Crippen LogP contribution in [0.25, 0.3) is 28.0 Å². The number of halogens is 1. The summed E-state index contributed by atoms with van der Waals surface area (Å²) >= 11 is 0. The minimum absolute atomic E-state index is 0.0349. The van der Waals surface area contributed by atoms with Crippen LogP contribution < -0.4 is 20.5 Å². The van der Waals surface area contributed by atoms with Crippen LogP contribution in [0.1, 0.15) is 11.3 Å². The Balaban J connectivity index is 1.52. The van der Waals surface area contributed by atoms with E-state index in [0.717, 1.165) is 5.56 Å². The summed E-state index contributed by atoms with van der Waals surface area (Å²) in [5.41, 5.74) is 11.2. The van der Waals surface area contributed by atoms with E-state index < -0.39 is 5.82 Å². The molecule has 0 bridgehead atoms. The molecule has 1 fully saturated rings. The van der Waals surface area contributed by atoms with Gasteiger partial charge in [-0.2, -0.15) is 0 Å².